The van der Waals surface area contributed by atoms with Crippen LogP contribution in [0.3, 0.4) is 0 Å². The number of carbonyl (C=O) groups excluding carboxylic acids is 1. The molecule has 0 bridgehead atoms. The molecule has 1 aromatic heterocycles. The number of aromatic nitrogens is 2. The van der Waals surface area contributed by atoms with Crippen LogP contribution in [0, 0.1) is 0 Å². The Hall–Kier alpha value is -1.84. The van der Waals surface area contributed by atoms with Crippen molar-refractivity contribution >= 4 is 16.9 Å². The van der Waals surface area contributed by atoms with Gasteiger partial charge in [0, 0.05) is 25.9 Å². The molecule has 4 heteroatoms. The number of likely N-dealkylation sites (tertiary alicyclic amines) is 1. The van der Waals surface area contributed by atoms with E-state index >= 15 is 0 Å². The van der Waals surface area contributed by atoms with E-state index in [0.717, 1.165) is 23.4 Å². The number of amides is 1. The molecule has 1 fully saturated rings. The molecule has 16 heavy (non-hydrogen) atoms. The number of fused-ring (bicyclic) bond motifs is 1. The minimum absolute atomic E-state index is 0.199. The molecule has 0 saturated carbocycles. The maximum absolute atomic E-state index is 11.5. The van der Waals surface area contributed by atoms with Crippen LogP contribution in [0.4, 0.5) is 0 Å². The second kappa shape index (κ2) is 3.33. The number of nitrogens with one attached hydrogen (secondary N) is 1. The molecule has 0 radical (unpaired) electrons. The van der Waals surface area contributed by atoms with Gasteiger partial charge in [-0.1, -0.05) is 12.1 Å². The Morgan fingerprint density at radius 1 is 1.44 bits per heavy atom. The third-order valence-corrected chi connectivity index (χ3v) is 3.14. The molecule has 4 nitrogen and oxygen atoms in total. The van der Waals surface area contributed by atoms with Crippen LogP contribution in [-0.2, 0) is 4.79 Å². The predicted molar refractivity (Wildman–Crippen MR) is 61.1 cm³/mol. The van der Waals surface area contributed by atoms with Gasteiger partial charge in [0.2, 0.25) is 5.91 Å². The number of likely N-dealkylation sites (N-methyl/N-ethyl adjacent to an activating group) is 1. The molecule has 1 amide bonds. The summed E-state index contributed by atoms with van der Waals surface area (Å²) in [7, 11) is 1.84. The zero-order valence-electron chi connectivity index (χ0n) is 9.10. The summed E-state index contributed by atoms with van der Waals surface area (Å²) in [5.41, 5.74) is 2.01. The van der Waals surface area contributed by atoms with Gasteiger partial charge in [0.1, 0.15) is 5.82 Å². The van der Waals surface area contributed by atoms with Crippen molar-refractivity contribution in [1.29, 1.82) is 0 Å². The maximum atomic E-state index is 11.5. The van der Waals surface area contributed by atoms with Crippen LogP contribution in [0.15, 0.2) is 24.3 Å². The van der Waals surface area contributed by atoms with Crippen molar-refractivity contribution in [3.63, 3.8) is 0 Å². The molecule has 1 atom stereocenters. The second-order valence-corrected chi connectivity index (χ2v) is 4.31. The fourth-order valence-electron chi connectivity index (χ4n) is 2.21. The van der Waals surface area contributed by atoms with Crippen LogP contribution in [0.5, 0.6) is 0 Å². The smallest absolute Gasteiger partial charge is 0.223 e. The van der Waals surface area contributed by atoms with Crippen molar-refractivity contribution in [2.24, 2.45) is 0 Å². The van der Waals surface area contributed by atoms with Crippen LogP contribution >= 0.6 is 0 Å². The zero-order valence-corrected chi connectivity index (χ0v) is 9.10. The molecule has 82 valence electrons. The van der Waals surface area contributed by atoms with Crippen molar-refractivity contribution in [3.05, 3.63) is 30.1 Å². The molecule has 0 unspecified atom stereocenters. The summed E-state index contributed by atoms with van der Waals surface area (Å²) in [6.07, 6.45) is 0.566. The summed E-state index contributed by atoms with van der Waals surface area (Å²) < 4.78 is 0. The standard InChI is InChI=1S/C12H13N3O/c1-15-7-8(6-11(15)16)12-13-9-4-2-3-5-10(9)14-12/h2-5,8H,6-7H2,1H3,(H,13,14)/t8-/m0/s1. The Morgan fingerprint density at radius 2 is 2.25 bits per heavy atom. The van der Waals surface area contributed by atoms with Gasteiger partial charge in [-0.25, -0.2) is 4.98 Å². The van der Waals surface area contributed by atoms with Gasteiger partial charge in [0.25, 0.3) is 0 Å². The number of imidazole rings is 1. The predicted octanol–water partition coefficient (Wildman–Crippen LogP) is 1.51. The number of hydrogen-bond acceptors (Lipinski definition) is 2. The van der Waals surface area contributed by atoms with Crippen molar-refractivity contribution in [3.8, 4) is 0 Å². The first kappa shape index (κ1) is 9.39. The number of carbonyl (C=O) groups is 1. The van der Waals surface area contributed by atoms with Crippen molar-refractivity contribution in [2.75, 3.05) is 13.6 Å². The van der Waals surface area contributed by atoms with Gasteiger partial charge < -0.3 is 9.88 Å². The molecule has 1 saturated heterocycles. The van der Waals surface area contributed by atoms with E-state index in [1.54, 1.807) is 4.90 Å². The van der Waals surface area contributed by atoms with E-state index in [2.05, 4.69) is 9.97 Å². The van der Waals surface area contributed by atoms with Crippen molar-refractivity contribution in [2.45, 2.75) is 12.3 Å². The summed E-state index contributed by atoms with van der Waals surface area (Å²) in [6, 6.07) is 7.94. The summed E-state index contributed by atoms with van der Waals surface area (Å²) in [4.78, 5) is 21.0. The first-order chi connectivity index (χ1) is 7.74. The fraction of sp³-hybridized carbons (Fsp3) is 0.333. The molecule has 1 aliphatic heterocycles. The monoisotopic (exact) mass is 215 g/mol. The highest BCUT2D eigenvalue weighted by molar-refractivity contribution is 5.80. The molecular weight excluding hydrogens is 202 g/mol. The molecule has 1 N–H and O–H groups in total. The lowest BCUT2D eigenvalue weighted by Crippen LogP contribution is -2.18. The quantitative estimate of drug-likeness (QED) is 0.783. The number of benzene rings is 1. The molecule has 0 spiro atoms. The van der Waals surface area contributed by atoms with Crippen LogP contribution in [0.25, 0.3) is 11.0 Å². The van der Waals surface area contributed by atoms with Crippen molar-refractivity contribution in [1.82, 2.24) is 14.9 Å². The maximum Gasteiger partial charge on any atom is 0.223 e. The third-order valence-electron chi connectivity index (χ3n) is 3.14. The minimum atomic E-state index is 0.199. The Kier molecular flexibility index (Phi) is 1.96. The summed E-state index contributed by atoms with van der Waals surface area (Å²) in [5.74, 6) is 1.34. The molecule has 3 rings (SSSR count). The molecule has 2 heterocycles. The normalized spacial score (nSPS) is 20.9. The Morgan fingerprint density at radius 3 is 2.94 bits per heavy atom. The van der Waals surface area contributed by atoms with Gasteiger partial charge in [0.15, 0.2) is 0 Å². The minimum Gasteiger partial charge on any atom is -0.345 e. The lowest BCUT2D eigenvalue weighted by Gasteiger charge is -2.07. The fourth-order valence-corrected chi connectivity index (χ4v) is 2.21. The first-order valence-corrected chi connectivity index (χ1v) is 5.42. The van der Waals surface area contributed by atoms with E-state index < -0.39 is 0 Å². The van der Waals surface area contributed by atoms with Crippen LogP contribution < -0.4 is 0 Å². The number of aromatic amines is 1. The third kappa shape index (κ3) is 1.38. The highest BCUT2D eigenvalue weighted by Gasteiger charge is 2.29. The lowest BCUT2D eigenvalue weighted by molar-refractivity contribution is -0.126. The van der Waals surface area contributed by atoms with Gasteiger partial charge in [-0.15, -0.1) is 0 Å². The number of rotatable bonds is 1. The van der Waals surface area contributed by atoms with Crippen LogP contribution in [0.1, 0.15) is 18.2 Å². The summed E-state index contributed by atoms with van der Waals surface area (Å²) in [5, 5.41) is 0. The second-order valence-electron chi connectivity index (χ2n) is 4.31. The Labute approximate surface area is 93.3 Å². The Balaban J connectivity index is 1.98. The first-order valence-electron chi connectivity index (χ1n) is 5.42. The van der Waals surface area contributed by atoms with Crippen LogP contribution in [-0.4, -0.2) is 34.4 Å². The van der Waals surface area contributed by atoms with Gasteiger partial charge in [-0.2, -0.15) is 0 Å². The summed E-state index contributed by atoms with van der Waals surface area (Å²) in [6.45, 7) is 0.763. The number of para-hydroxylation sites is 2. The largest absolute Gasteiger partial charge is 0.345 e. The summed E-state index contributed by atoms with van der Waals surface area (Å²) >= 11 is 0. The molecular formula is C12H13N3O. The lowest BCUT2D eigenvalue weighted by atomic mass is 10.1. The van der Waals surface area contributed by atoms with Gasteiger partial charge in [-0.3, -0.25) is 4.79 Å². The molecule has 1 aliphatic rings. The average molecular weight is 215 g/mol. The number of nitrogens with zero attached hydrogens (tertiary/aromatic N) is 2. The topological polar surface area (TPSA) is 49.0 Å². The van der Waals surface area contributed by atoms with E-state index in [-0.39, 0.29) is 11.8 Å². The van der Waals surface area contributed by atoms with Gasteiger partial charge in [0.05, 0.1) is 11.0 Å². The van der Waals surface area contributed by atoms with E-state index in [0.29, 0.717) is 6.42 Å². The van der Waals surface area contributed by atoms with E-state index in [1.807, 2.05) is 31.3 Å². The highest BCUT2D eigenvalue weighted by Crippen LogP contribution is 2.26. The molecule has 2 aromatic rings. The molecule has 1 aromatic carbocycles. The molecule has 0 aliphatic carbocycles. The average Bonchev–Trinajstić information content (AvgIpc) is 2.83. The van der Waals surface area contributed by atoms with Crippen molar-refractivity contribution < 1.29 is 4.79 Å². The highest BCUT2D eigenvalue weighted by atomic mass is 16.2. The number of H-pyrrole nitrogens is 1. The number of hydrogen-bond donors (Lipinski definition) is 1. The van der Waals surface area contributed by atoms with E-state index in [1.165, 1.54) is 0 Å². The zero-order chi connectivity index (χ0) is 11.1. The van der Waals surface area contributed by atoms with Gasteiger partial charge in [-0.05, 0) is 12.1 Å². The van der Waals surface area contributed by atoms with E-state index in [9.17, 15) is 4.79 Å². The Bertz CT molecular complexity index is 513. The SMILES string of the molecule is CN1C[C@@H](c2nc3ccccc3[nH]2)CC1=O. The van der Waals surface area contributed by atoms with Crippen LogP contribution in [0.2, 0.25) is 0 Å². The van der Waals surface area contributed by atoms with Gasteiger partial charge >= 0.3 is 0 Å². The van der Waals surface area contributed by atoms with E-state index in [4.69, 9.17) is 0 Å².